The summed E-state index contributed by atoms with van der Waals surface area (Å²) < 4.78 is 32.7. The Morgan fingerprint density at radius 3 is 2.35 bits per heavy atom. The molecule has 1 atom stereocenters. The standard InChI is InChI=1S/C19H27NO5S/c1-14-7-9-15(10-8-14)26(23,24)20-13-12-19(11-5-6-16(19)21)17(22)25-18(2,3)4/h7-10,20H,5-6,11-13H2,1-4H3/t19-/m0/s1. The molecule has 7 heteroatoms. The van der Waals surface area contributed by atoms with E-state index < -0.39 is 27.0 Å². The number of rotatable bonds is 6. The predicted molar refractivity (Wildman–Crippen MR) is 98.1 cm³/mol. The highest BCUT2D eigenvalue weighted by molar-refractivity contribution is 7.89. The lowest BCUT2D eigenvalue weighted by molar-refractivity contribution is -0.169. The minimum Gasteiger partial charge on any atom is -0.459 e. The second-order valence-corrected chi connectivity index (χ2v) is 9.59. The molecule has 0 unspecified atom stereocenters. The molecule has 26 heavy (non-hydrogen) atoms. The van der Waals surface area contributed by atoms with E-state index in [9.17, 15) is 18.0 Å². The van der Waals surface area contributed by atoms with Crippen LogP contribution in [0.15, 0.2) is 29.2 Å². The van der Waals surface area contributed by atoms with Crippen molar-refractivity contribution in [2.45, 2.75) is 63.9 Å². The van der Waals surface area contributed by atoms with Gasteiger partial charge in [-0.3, -0.25) is 9.59 Å². The Morgan fingerprint density at radius 2 is 1.85 bits per heavy atom. The normalized spacial score (nSPS) is 21.0. The molecule has 1 aliphatic carbocycles. The summed E-state index contributed by atoms with van der Waals surface area (Å²) in [5.41, 5.74) is -0.985. The van der Waals surface area contributed by atoms with Crippen molar-refractivity contribution in [1.82, 2.24) is 4.72 Å². The van der Waals surface area contributed by atoms with Gasteiger partial charge in [-0.15, -0.1) is 0 Å². The fraction of sp³-hybridized carbons (Fsp3) is 0.579. The molecule has 0 aromatic heterocycles. The van der Waals surface area contributed by atoms with E-state index in [0.717, 1.165) is 5.56 Å². The van der Waals surface area contributed by atoms with E-state index in [0.29, 0.717) is 19.3 Å². The molecule has 2 rings (SSSR count). The summed E-state index contributed by atoms with van der Waals surface area (Å²) in [6.45, 7) is 7.12. The number of esters is 1. The third-order valence-electron chi connectivity index (χ3n) is 4.51. The van der Waals surface area contributed by atoms with Crippen molar-refractivity contribution in [2.24, 2.45) is 5.41 Å². The number of ether oxygens (including phenoxy) is 1. The van der Waals surface area contributed by atoms with Gasteiger partial charge in [0.1, 0.15) is 16.8 Å². The van der Waals surface area contributed by atoms with Gasteiger partial charge in [-0.25, -0.2) is 13.1 Å². The molecule has 0 spiro atoms. The first-order valence-corrected chi connectivity index (χ1v) is 10.3. The maximum absolute atomic E-state index is 12.6. The van der Waals surface area contributed by atoms with E-state index in [4.69, 9.17) is 4.74 Å². The molecule has 1 aromatic rings. The lowest BCUT2D eigenvalue weighted by Gasteiger charge is -2.30. The predicted octanol–water partition coefficient (Wildman–Crippen LogP) is 2.74. The van der Waals surface area contributed by atoms with Crippen molar-refractivity contribution in [3.05, 3.63) is 29.8 Å². The quantitative estimate of drug-likeness (QED) is 0.604. The summed E-state index contributed by atoms with van der Waals surface area (Å²) in [5.74, 6) is -0.719. The highest BCUT2D eigenvalue weighted by Crippen LogP contribution is 2.40. The minimum atomic E-state index is -3.69. The molecule has 0 radical (unpaired) electrons. The van der Waals surface area contributed by atoms with E-state index in [-0.39, 0.29) is 23.6 Å². The van der Waals surface area contributed by atoms with Crippen LogP contribution >= 0.6 is 0 Å². The molecule has 144 valence electrons. The fourth-order valence-corrected chi connectivity index (χ4v) is 4.12. The molecule has 1 fully saturated rings. The van der Waals surface area contributed by atoms with Gasteiger partial charge in [-0.1, -0.05) is 17.7 Å². The van der Waals surface area contributed by atoms with Crippen LogP contribution in [0.3, 0.4) is 0 Å². The summed E-state index contributed by atoms with van der Waals surface area (Å²) >= 11 is 0. The van der Waals surface area contributed by atoms with Crippen molar-refractivity contribution in [3.8, 4) is 0 Å². The molecular formula is C19H27NO5S. The first-order chi connectivity index (χ1) is 12.0. The molecule has 0 heterocycles. The number of Topliss-reactive ketones (excluding diaryl/α,β-unsaturated/α-hetero) is 1. The van der Waals surface area contributed by atoms with Crippen LogP contribution in [-0.4, -0.2) is 32.3 Å². The number of carbonyl (C=O) groups excluding carboxylic acids is 2. The number of nitrogens with one attached hydrogen (secondary N) is 1. The van der Waals surface area contributed by atoms with E-state index in [1.165, 1.54) is 12.1 Å². The lowest BCUT2D eigenvalue weighted by atomic mass is 9.81. The molecule has 1 aromatic carbocycles. The average molecular weight is 381 g/mol. The van der Waals surface area contributed by atoms with Gasteiger partial charge in [-0.2, -0.15) is 0 Å². The highest BCUT2D eigenvalue weighted by atomic mass is 32.2. The van der Waals surface area contributed by atoms with Crippen LogP contribution in [0, 0.1) is 12.3 Å². The van der Waals surface area contributed by atoms with Crippen LogP contribution in [0.4, 0.5) is 0 Å². The number of benzene rings is 1. The monoisotopic (exact) mass is 381 g/mol. The van der Waals surface area contributed by atoms with E-state index in [1.807, 2.05) is 6.92 Å². The van der Waals surface area contributed by atoms with Crippen molar-refractivity contribution in [3.63, 3.8) is 0 Å². The van der Waals surface area contributed by atoms with Gasteiger partial charge in [0.2, 0.25) is 10.0 Å². The van der Waals surface area contributed by atoms with Crippen molar-refractivity contribution in [1.29, 1.82) is 0 Å². The molecule has 1 saturated carbocycles. The molecule has 0 amide bonds. The van der Waals surface area contributed by atoms with Gasteiger partial charge in [0.25, 0.3) is 0 Å². The van der Waals surface area contributed by atoms with Crippen molar-refractivity contribution < 1.29 is 22.7 Å². The van der Waals surface area contributed by atoms with E-state index >= 15 is 0 Å². The molecule has 0 aliphatic heterocycles. The van der Waals surface area contributed by atoms with Gasteiger partial charge in [0.05, 0.1) is 4.90 Å². The third kappa shape index (κ3) is 4.71. The second-order valence-electron chi connectivity index (χ2n) is 7.82. The zero-order valence-electron chi connectivity index (χ0n) is 15.8. The number of hydrogen-bond acceptors (Lipinski definition) is 5. The van der Waals surface area contributed by atoms with Gasteiger partial charge in [-0.05, 0) is 59.1 Å². The fourth-order valence-electron chi connectivity index (χ4n) is 3.09. The Bertz CT molecular complexity index is 777. The molecule has 6 nitrogen and oxygen atoms in total. The molecule has 1 N–H and O–H groups in total. The Morgan fingerprint density at radius 1 is 1.23 bits per heavy atom. The summed E-state index contributed by atoms with van der Waals surface area (Å²) in [6.07, 6.45) is 1.44. The smallest absolute Gasteiger partial charge is 0.320 e. The van der Waals surface area contributed by atoms with Crippen LogP contribution in [0.5, 0.6) is 0 Å². The molecule has 0 bridgehead atoms. The molecular weight excluding hydrogens is 354 g/mol. The zero-order chi connectivity index (χ0) is 19.6. The average Bonchev–Trinajstić information content (AvgIpc) is 2.88. The Labute approximate surface area is 155 Å². The zero-order valence-corrected chi connectivity index (χ0v) is 16.6. The topological polar surface area (TPSA) is 89.5 Å². The maximum atomic E-state index is 12.6. The molecule has 1 aliphatic rings. The lowest BCUT2D eigenvalue weighted by Crippen LogP contribution is -2.43. The summed E-state index contributed by atoms with van der Waals surface area (Å²) in [7, 11) is -3.69. The first kappa shape index (κ1) is 20.6. The number of aryl methyl sites for hydroxylation is 1. The second kappa shape index (κ2) is 7.48. The van der Waals surface area contributed by atoms with Crippen LogP contribution in [0.1, 0.15) is 52.0 Å². The van der Waals surface area contributed by atoms with E-state index in [2.05, 4.69) is 4.72 Å². The molecule has 0 saturated heterocycles. The summed E-state index contributed by atoms with van der Waals surface area (Å²) in [5, 5.41) is 0. The number of sulfonamides is 1. The first-order valence-electron chi connectivity index (χ1n) is 8.79. The third-order valence-corrected chi connectivity index (χ3v) is 5.98. The van der Waals surface area contributed by atoms with Crippen LogP contribution in [-0.2, 0) is 24.3 Å². The van der Waals surface area contributed by atoms with Gasteiger partial charge < -0.3 is 4.74 Å². The van der Waals surface area contributed by atoms with Crippen molar-refractivity contribution >= 4 is 21.8 Å². The Balaban J connectivity index is 2.10. The minimum absolute atomic E-state index is 0.00118. The summed E-state index contributed by atoms with van der Waals surface area (Å²) in [6, 6.07) is 6.50. The van der Waals surface area contributed by atoms with Crippen molar-refractivity contribution in [2.75, 3.05) is 6.54 Å². The summed E-state index contributed by atoms with van der Waals surface area (Å²) in [4.78, 5) is 25.2. The van der Waals surface area contributed by atoms with Crippen LogP contribution < -0.4 is 4.72 Å². The largest absolute Gasteiger partial charge is 0.459 e. The highest BCUT2D eigenvalue weighted by Gasteiger charge is 2.50. The number of carbonyl (C=O) groups is 2. The number of hydrogen-bond donors (Lipinski definition) is 1. The Hall–Kier alpha value is -1.73. The van der Waals surface area contributed by atoms with E-state index in [1.54, 1.807) is 32.9 Å². The van der Waals surface area contributed by atoms with Gasteiger partial charge in [0, 0.05) is 13.0 Å². The van der Waals surface area contributed by atoms with Gasteiger partial charge >= 0.3 is 5.97 Å². The Kier molecular flexibility index (Phi) is 5.92. The number of ketones is 1. The maximum Gasteiger partial charge on any atom is 0.320 e. The van der Waals surface area contributed by atoms with Gasteiger partial charge in [0.15, 0.2) is 0 Å². The van der Waals surface area contributed by atoms with Crippen LogP contribution in [0.25, 0.3) is 0 Å². The SMILES string of the molecule is Cc1ccc(S(=O)(=O)NCC[C@@]2(C(=O)OC(C)(C)C)CCCC2=O)cc1. The van der Waals surface area contributed by atoms with Crippen LogP contribution in [0.2, 0.25) is 0 Å².